The van der Waals surface area contributed by atoms with Gasteiger partial charge in [-0.05, 0) is 12.1 Å². The molecule has 0 bridgehead atoms. The number of nitrogens with zero attached hydrogens (tertiary/aromatic N) is 1. The number of benzene rings is 1. The van der Waals surface area contributed by atoms with Gasteiger partial charge in [0.2, 0.25) is 0 Å². The number of nitro groups is 1. The van der Waals surface area contributed by atoms with Crippen LogP contribution >= 0.6 is 34.5 Å². The lowest BCUT2D eigenvalue weighted by Gasteiger charge is -1.98. The van der Waals surface area contributed by atoms with Crippen molar-refractivity contribution in [2.45, 2.75) is 0 Å². The molecule has 0 aliphatic rings. The van der Waals surface area contributed by atoms with E-state index in [1.165, 1.54) is 24.4 Å². The van der Waals surface area contributed by atoms with Gasteiger partial charge in [0.1, 0.15) is 4.34 Å². The Balaban J connectivity index is 2.16. The number of hydrogen-bond acceptors (Lipinski definition) is 4. The molecule has 0 atom stereocenters. The minimum absolute atomic E-state index is 0.0782. The smallest absolute Gasteiger partial charge is 0.270 e. The van der Waals surface area contributed by atoms with Gasteiger partial charge in [0.05, 0.1) is 14.8 Å². The van der Waals surface area contributed by atoms with Crippen LogP contribution in [-0.4, -0.2) is 15.7 Å². The molecule has 106 valence electrons. The van der Waals surface area contributed by atoms with Gasteiger partial charge >= 0.3 is 0 Å². The first-order chi connectivity index (χ1) is 9.97. The molecule has 1 aromatic carbocycles. The molecule has 2 heterocycles. The zero-order chi connectivity index (χ0) is 15.1. The number of aromatic amines is 1. The number of non-ortho nitro benzene ring substituents is 1. The SMILES string of the molecule is O=C(c1cc(Cl)sc1Cl)c1c[nH]c2ccc([N+](=O)[O-])cc12. The topological polar surface area (TPSA) is 76.0 Å². The van der Waals surface area contributed by atoms with Gasteiger partial charge < -0.3 is 4.98 Å². The number of carbonyl (C=O) groups excluding carboxylic acids is 1. The molecule has 0 aliphatic heterocycles. The maximum atomic E-state index is 12.5. The number of rotatable bonds is 3. The maximum absolute atomic E-state index is 12.5. The largest absolute Gasteiger partial charge is 0.360 e. The van der Waals surface area contributed by atoms with Crippen molar-refractivity contribution >= 4 is 56.9 Å². The van der Waals surface area contributed by atoms with E-state index in [-0.39, 0.29) is 11.5 Å². The third kappa shape index (κ3) is 2.42. The van der Waals surface area contributed by atoms with Crippen LogP contribution in [0.2, 0.25) is 8.67 Å². The second-order valence-electron chi connectivity index (χ2n) is 4.26. The number of aromatic nitrogens is 1. The summed E-state index contributed by atoms with van der Waals surface area (Å²) in [6.07, 6.45) is 1.51. The lowest BCUT2D eigenvalue weighted by atomic mass is 10.0. The van der Waals surface area contributed by atoms with Crippen molar-refractivity contribution in [1.82, 2.24) is 4.98 Å². The quantitative estimate of drug-likeness (QED) is 0.427. The Kier molecular flexibility index (Phi) is 3.44. The van der Waals surface area contributed by atoms with E-state index in [1.807, 2.05) is 0 Å². The van der Waals surface area contributed by atoms with Crippen molar-refractivity contribution < 1.29 is 9.72 Å². The summed E-state index contributed by atoms with van der Waals surface area (Å²) in [4.78, 5) is 25.8. The van der Waals surface area contributed by atoms with Gasteiger partial charge in [0.25, 0.3) is 5.69 Å². The van der Waals surface area contributed by atoms with Crippen LogP contribution < -0.4 is 0 Å². The lowest BCUT2D eigenvalue weighted by molar-refractivity contribution is -0.384. The highest BCUT2D eigenvalue weighted by molar-refractivity contribution is 7.20. The average molecular weight is 341 g/mol. The molecular weight excluding hydrogens is 335 g/mol. The Hall–Kier alpha value is -1.89. The fraction of sp³-hybridized carbons (Fsp3) is 0. The van der Waals surface area contributed by atoms with E-state index >= 15 is 0 Å². The lowest BCUT2D eigenvalue weighted by Crippen LogP contribution is -1.99. The molecule has 0 spiro atoms. The van der Waals surface area contributed by atoms with Crippen LogP contribution in [0.5, 0.6) is 0 Å². The van der Waals surface area contributed by atoms with E-state index in [2.05, 4.69) is 4.98 Å². The molecule has 0 saturated heterocycles. The standard InChI is InChI=1S/C13H6Cl2N2O3S/c14-11-4-8(13(15)21-11)12(18)9-5-16-10-2-1-6(17(19)20)3-7(9)10/h1-5,16H. The number of ketones is 1. The van der Waals surface area contributed by atoms with Crippen LogP contribution in [0, 0.1) is 10.1 Å². The van der Waals surface area contributed by atoms with Gasteiger partial charge in [0, 0.05) is 34.8 Å². The van der Waals surface area contributed by atoms with Crippen molar-refractivity contribution in [3.05, 3.63) is 60.4 Å². The van der Waals surface area contributed by atoms with E-state index in [1.54, 1.807) is 6.07 Å². The van der Waals surface area contributed by atoms with E-state index in [0.29, 0.717) is 30.7 Å². The molecule has 0 aliphatic carbocycles. The summed E-state index contributed by atoms with van der Waals surface area (Å²) in [7, 11) is 0. The summed E-state index contributed by atoms with van der Waals surface area (Å²) in [6.45, 7) is 0. The second-order valence-corrected chi connectivity index (χ2v) is 6.54. The molecule has 0 fully saturated rings. The average Bonchev–Trinajstić information content (AvgIpc) is 3.00. The zero-order valence-corrected chi connectivity index (χ0v) is 12.6. The van der Waals surface area contributed by atoms with E-state index in [4.69, 9.17) is 23.2 Å². The number of H-pyrrole nitrogens is 1. The fourth-order valence-electron chi connectivity index (χ4n) is 2.05. The van der Waals surface area contributed by atoms with Gasteiger partial charge in [-0.3, -0.25) is 14.9 Å². The zero-order valence-electron chi connectivity index (χ0n) is 10.2. The third-order valence-corrected chi connectivity index (χ3v) is 4.51. The molecule has 0 saturated carbocycles. The van der Waals surface area contributed by atoms with Crippen molar-refractivity contribution in [2.75, 3.05) is 0 Å². The van der Waals surface area contributed by atoms with Crippen molar-refractivity contribution in [1.29, 1.82) is 0 Å². The number of carbonyl (C=O) groups is 1. The van der Waals surface area contributed by atoms with Crippen molar-refractivity contribution in [3.8, 4) is 0 Å². The number of halogens is 2. The highest BCUT2D eigenvalue weighted by Crippen LogP contribution is 2.34. The Bertz CT molecular complexity index is 885. The molecule has 0 radical (unpaired) electrons. The minimum atomic E-state index is -0.505. The number of nitrogens with one attached hydrogen (secondary N) is 1. The van der Waals surface area contributed by atoms with Gasteiger partial charge in [-0.1, -0.05) is 23.2 Å². The van der Waals surface area contributed by atoms with Gasteiger partial charge in [-0.15, -0.1) is 11.3 Å². The second kappa shape index (κ2) is 5.14. The Morgan fingerprint density at radius 1 is 1.24 bits per heavy atom. The highest BCUT2D eigenvalue weighted by atomic mass is 35.5. The first-order valence-corrected chi connectivity index (χ1v) is 7.29. The first-order valence-electron chi connectivity index (χ1n) is 5.72. The summed E-state index contributed by atoms with van der Waals surface area (Å²) in [5, 5.41) is 11.3. The van der Waals surface area contributed by atoms with Gasteiger partial charge in [0.15, 0.2) is 5.78 Å². The summed E-state index contributed by atoms with van der Waals surface area (Å²) < 4.78 is 0.707. The molecular formula is C13H6Cl2N2O3S. The monoisotopic (exact) mass is 340 g/mol. The predicted molar refractivity (Wildman–Crippen MR) is 82.7 cm³/mol. The number of thiophene rings is 1. The molecule has 3 aromatic rings. The normalized spacial score (nSPS) is 11.0. The number of fused-ring (bicyclic) bond motifs is 1. The molecule has 0 unspecified atom stereocenters. The van der Waals surface area contributed by atoms with Crippen LogP contribution in [0.1, 0.15) is 15.9 Å². The Labute approximate surface area is 132 Å². The van der Waals surface area contributed by atoms with Crippen LogP contribution in [0.25, 0.3) is 10.9 Å². The van der Waals surface area contributed by atoms with Crippen LogP contribution in [0.15, 0.2) is 30.5 Å². The Morgan fingerprint density at radius 2 is 2.00 bits per heavy atom. The molecule has 2 aromatic heterocycles. The summed E-state index contributed by atoms with van der Waals surface area (Å²) >= 11 is 12.9. The molecule has 21 heavy (non-hydrogen) atoms. The van der Waals surface area contributed by atoms with Crippen LogP contribution in [0.4, 0.5) is 5.69 Å². The van der Waals surface area contributed by atoms with E-state index < -0.39 is 4.92 Å². The van der Waals surface area contributed by atoms with Gasteiger partial charge in [-0.25, -0.2) is 0 Å². The highest BCUT2D eigenvalue weighted by Gasteiger charge is 2.20. The van der Waals surface area contributed by atoms with E-state index in [9.17, 15) is 14.9 Å². The fourth-order valence-corrected chi connectivity index (χ4v) is 3.51. The maximum Gasteiger partial charge on any atom is 0.270 e. The molecule has 1 N–H and O–H groups in total. The molecule has 5 nitrogen and oxygen atoms in total. The molecule has 0 amide bonds. The van der Waals surface area contributed by atoms with Crippen LogP contribution in [-0.2, 0) is 0 Å². The predicted octanol–water partition coefficient (Wildman–Crippen LogP) is 4.68. The van der Waals surface area contributed by atoms with Crippen molar-refractivity contribution in [2.24, 2.45) is 0 Å². The summed E-state index contributed by atoms with van der Waals surface area (Å²) in [6, 6.07) is 5.79. The molecule has 8 heteroatoms. The summed E-state index contributed by atoms with van der Waals surface area (Å²) in [5.74, 6) is -0.324. The van der Waals surface area contributed by atoms with Gasteiger partial charge in [-0.2, -0.15) is 0 Å². The molecule has 3 rings (SSSR count). The summed E-state index contributed by atoms with van der Waals surface area (Å²) in [5.41, 5.74) is 1.18. The van der Waals surface area contributed by atoms with Crippen molar-refractivity contribution in [3.63, 3.8) is 0 Å². The number of hydrogen-bond donors (Lipinski definition) is 1. The first kappa shape index (κ1) is 14.1. The van der Waals surface area contributed by atoms with Crippen LogP contribution in [0.3, 0.4) is 0 Å². The Morgan fingerprint density at radius 3 is 2.62 bits per heavy atom. The minimum Gasteiger partial charge on any atom is -0.360 e. The number of nitro benzene ring substituents is 1. The third-order valence-electron chi connectivity index (χ3n) is 3.02. The van der Waals surface area contributed by atoms with E-state index in [0.717, 1.165) is 11.3 Å².